The molecule has 0 unspecified atom stereocenters. The van der Waals surface area contributed by atoms with Crippen LogP contribution >= 0.6 is 33.9 Å². The smallest absolute Gasteiger partial charge is 0.258 e. The van der Waals surface area contributed by atoms with Crippen molar-refractivity contribution in [1.82, 2.24) is 4.98 Å². The van der Waals surface area contributed by atoms with Crippen molar-refractivity contribution in [1.29, 1.82) is 0 Å². The van der Waals surface area contributed by atoms with E-state index in [0.29, 0.717) is 46.9 Å². The maximum atomic E-state index is 12.7. The van der Waals surface area contributed by atoms with Crippen LogP contribution in [-0.2, 0) is 0 Å². The summed E-state index contributed by atoms with van der Waals surface area (Å²) in [6.07, 6.45) is 0. The number of ether oxygens (including phenoxy) is 4. The number of methoxy groups -OCH3 is 2. The van der Waals surface area contributed by atoms with Crippen molar-refractivity contribution in [3.05, 3.63) is 33.4 Å². The molecule has 0 spiro atoms. The van der Waals surface area contributed by atoms with E-state index in [9.17, 15) is 4.79 Å². The zero-order valence-corrected chi connectivity index (χ0v) is 17.5. The minimum atomic E-state index is -0.267. The van der Waals surface area contributed by atoms with Crippen LogP contribution < -0.4 is 24.3 Å². The molecule has 4 rings (SSSR count). The van der Waals surface area contributed by atoms with Gasteiger partial charge in [-0.15, -0.1) is 0 Å². The molecule has 7 nitrogen and oxygen atoms in total. The standard InChI is InChI=1S/C18H15IN2O5S/c1-23-12-5-9(10(19)6-13(12)24-2)17(22)21-18-20-11-7-14-15(8-16(11)27-18)26-4-3-25-14/h5-8H,3-4H2,1-2H3,(H,20,21,22). The van der Waals surface area contributed by atoms with Gasteiger partial charge in [-0.3, -0.25) is 10.1 Å². The molecule has 0 aliphatic carbocycles. The second kappa shape index (κ2) is 7.39. The molecule has 0 radical (unpaired) electrons. The number of hydrogen-bond acceptors (Lipinski definition) is 7. The summed E-state index contributed by atoms with van der Waals surface area (Å²) in [5.74, 6) is 2.17. The van der Waals surface area contributed by atoms with Crippen LogP contribution in [0.1, 0.15) is 10.4 Å². The Morgan fingerprint density at radius 2 is 1.78 bits per heavy atom. The van der Waals surface area contributed by atoms with Crippen molar-refractivity contribution in [2.45, 2.75) is 0 Å². The summed E-state index contributed by atoms with van der Waals surface area (Å²) in [5, 5.41) is 3.36. The van der Waals surface area contributed by atoms with Gasteiger partial charge in [0.15, 0.2) is 28.1 Å². The Bertz CT molecular complexity index is 993. The SMILES string of the molecule is COc1cc(I)c(C(=O)Nc2nc3cc4c(cc3s2)OCCO4)cc1OC. The number of anilines is 1. The van der Waals surface area contributed by atoms with E-state index in [1.807, 2.05) is 12.1 Å². The van der Waals surface area contributed by atoms with Crippen molar-refractivity contribution in [3.8, 4) is 23.0 Å². The van der Waals surface area contributed by atoms with E-state index in [1.165, 1.54) is 18.4 Å². The van der Waals surface area contributed by atoms with Gasteiger partial charge in [-0.2, -0.15) is 0 Å². The minimum Gasteiger partial charge on any atom is -0.493 e. The van der Waals surface area contributed by atoms with Crippen LogP contribution in [0.25, 0.3) is 10.2 Å². The van der Waals surface area contributed by atoms with Crippen molar-refractivity contribution in [2.24, 2.45) is 0 Å². The largest absolute Gasteiger partial charge is 0.493 e. The molecule has 140 valence electrons. The fourth-order valence-electron chi connectivity index (χ4n) is 2.71. The zero-order valence-electron chi connectivity index (χ0n) is 14.5. The van der Waals surface area contributed by atoms with Gasteiger partial charge in [-0.1, -0.05) is 11.3 Å². The fraction of sp³-hybridized carbons (Fsp3) is 0.222. The van der Waals surface area contributed by atoms with Gasteiger partial charge in [0.1, 0.15) is 13.2 Å². The van der Waals surface area contributed by atoms with E-state index < -0.39 is 0 Å². The molecule has 0 bridgehead atoms. The fourth-order valence-corrected chi connectivity index (χ4v) is 4.27. The number of fused-ring (bicyclic) bond motifs is 2. The maximum Gasteiger partial charge on any atom is 0.258 e. The molecule has 1 aliphatic heterocycles. The number of nitrogens with zero attached hydrogens (tertiary/aromatic N) is 1. The van der Waals surface area contributed by atoms with E-state index in [2.05, 4.69) is 32.9 Å². The highest BCUT2D eigenvalue weighted by Gasteiger charge is 2.19. The van der Waals surface area contributed by atoms with Crippen LogP contribution in [0.4, 0.5) is 5.13 Å². The van der Waals surface area contributed by atoms with Crippen LogP contribution in [0.15, 0.2) is 24.3 Å². The molecule has 1 amide bonds. The lowest BCUT2D eigenvalue weighted by atomic mass is 10.2. The second-order valence-electron chi connectivity index (χ2n) is 5.62. The highest BCUT2D eigenvalue weighted by Crippen LogP contribution is 2.38. The molecule has 1 aromatic heterocycles. The third-order valence-corrected chi connectivity index (χ3v) is 5.82. The number of nitrogens with one attached hydrogen (secondary N) is 1. The molecule has 0 saturated carbocycles. The molecule has 2 heterocycles. The Kier molecular flexibility index (Phi) is 4.96. The summed E-state index contributed by atoms with van der Waals surface area (Å²) in [7, 11) is 3.09. The van der Waals surface area contributed by atoms with Crippen LogP contribution in [-0.4, -0.2) is 38.3 Å². The van der Waals surface area contributed by atoms with Gasteiger partial charge in [0.05, 0.1) is 30.0 Å². The van der Waals surface area contributed by atoms with Gasteiger partial charge in [0, 0.05) is 15.7 Å². The highest BCUT2D eigenvalue weighted by atomic mass is 127. The molecule has 0 saturated heterocycles. The number of benzene rings is 2. The van der Waals surface area contributed by atoms with E-state index in [4.69, 9.17) is 18.9 Å². The lowest BCUT2D eigenvalue weighted by Gasteiger charge is -2.17. The quantitative estimate of drug-likeness (QED) is 0.550. The number of thiazole rings is 1. The van der Waals surface area contributed by atoms with Crippen LogP contribution in [0.5, 0.6) is 23.0 Å². The maximum absolute atomic E-state index is 12.7. The number of rotatable bonds is 4. The first kappa shape index (κ1) is 18.1. The predicted molar refractivity (Wildman–Crippen MR) is 111 cm³/mol. The van der Waals surface area contributed by atoms with Gasteiger partial charge < -0.3 is 18.9 Å². The lowest BCUT2D eigenvalue weighted by Crippen LogP contribution is -2.15. The summed E-state index contributed by atoms with van der Waals surface area (Å²) in [4.78, 5) is 17.2. The van der Waals surface area contributed by atoms with E-state index in [0.717, 1.165) is 13.8 Å². The van der Waals surface area contributed by atoms with Gasteiger partial charge in [-0.05, 0) is 34.7 Å². The van der Waals surface area contributed by atoms with Gasteiger partial charge >= 0.3 is 0 Å². The van der Waals surface area contributed by atoms with Crippen molar-refractivity contribution >= 4 is 55.2 Å². The minimum absolute atomic E-state index is 0.267. The summed E-state index contributed by atoms with van der Waals surface area (Å²) < 4.78 is 23.4. The number of hydrogen-bond donors (Lipinski definition) is 1. The molecular formula is C18H15IN2O5S. The molecule has 0 fully saturated rings. The van der Waals surface area contributed by atoms with Gasteiger partial charge in [-0.25, -0.2) is 4.98 Å². The average molecular weight is 498 g/mol. The van der Waals surface area contributed by atoms with Crippen LogP contribution in [0.2, 0.25) is 0 Å². The summed E-state index contributed by atoms with van der Waals surface area (Å²) in [6.45, 7) is 1.04. The van der Waals surface area contributed by atoms with E-state index in [-0.39, 0.29) is 5.91 Å². The molecule has 3 aromatic rings. The normalized spacial score (nSPS) is 12.7. The van der Waals surface area contributed by atoms with Gasteiger partial charge in [0.2, 0.25) is 0 Å². The Labute approximate surface area is 172 Å². The molecule has 1 aliphatic rings. The second-order valence-corrected chi connectivity index (χ2v) is 7.82. The molecule has 9 heteroatoms. The van der Waals surface area contributed by atoms with Crippen LogP contribution in [0, 0.1) is 3.57 Å². The number of carbonyl (C=O) groups excluding carboxylic acids is 1. The summed E-state index contributed by atoms with van der Waals surface area (Å²) in [6, 6.07) is 7.13. The summed E-state index contributed by atoms with van der Waals surface area (Å²) >= 11 is 3.47. The molecular weight excluding hydrogens is 483 g/mol. The molecule has 0 atom stereocenters. The Balaban J connectivity index is 1.63. The number of aromatic nitrogens is 1. The molecule has 27 heavy (non-hydrogen) atoms. The van der Waals surface area contributed by atoms with Crippen LogP contribution in [0.3, 0.4) is 0 Å². The van der Waals surface area contributed by atoms with Gasteiger partial charge in [0.25, 0.3) is 5.91 Å². The molecule has 2 aromatic carbocycles. The average Bonchev–Trinajstić information content (AvgIpc) is 3.06. The monoisotopic (exact) mass is 498 g/mol. The number of halogens is 1. The molecule has 1 N–H and O–H groups in total. The predicted octanol–water partition coefficient (Wildman–Crippen LogP) is 3.94. The van der Waals surface area contributed by atoms with Crippen molar-refractivity contribution in [3.63, 3.8) is 0 Å². The zero-order chi connectivity index (χ0) is 19.0. The first-order chi connectivity index (χ1) is 13.1. The number of carbonyl (C=O) groups is 1. The summed E-state index contributed by atoms with van der Waals surface area (Å²) in [5.41, 5.74) is 1.24. The Morgan fingerprint density at radius 3 is 2.48 bits per heavy atom. The first-order valence-corrected chi connectivity index (χ1v) is 9.91. The van der Waals surface area contributed by atoms with E-state index >= 15 is 0 Å². The van der Waals surface area contributed by atoms with Crippen molar-refractivity contribution < 1.29 is 23.7 Å². The van der Waals surface area contributed by atoms with E-state index in [1.54, 1.807) is 19.2 Å². The number of amides is 1. The lowest BCUT2D eigenvalue weighted by molar-refractivity contribution is 0.102. The Hall–Kier alpha value is -2.27. The third kappa shape index (κ3) is 3.48. The topological polar surface area (TPSA) is 78.9 Å². The first-order valence-electron chi connectivity index (χ1n) is 8.02. The van der Waals surface area contributed by atoms with Crippen molar-refractivity contribution in [2.75, 3.05) is 32.8 Å². The Morgan fingerprint density at radius 1 is 1.11 bits per heavy atom. The highest BCUT2D eigenvalue weighted by molar-refractivity contribution is 14.1. The third-order valence-electron chi connectivity index (χ3n) is 3.99.